The summed E-state index contributed by atoms with van der Waals surface area (Å²) in [6, 6.07) is 0. The van der Waals surface area contributed by atoms with Gasteiger partial charge in [-0.2, -0.15) is 0 Å². The lowest BCUT2D eigenvalue weighted by Gasteiger charge is -2.33. The van der Waals surface area contributed by atoms with Crippen molar-refractivity contribution in [2.75, 3.05) is 39.4 Å². The smallest absolute Gasteiger partial charge is 0.309 e. The number of likely N-dealkylation sites (tertiary alicyclic amines) is 1. The van der Waals surface area contributed by atoms with Crippen molar-refractivity contribution in [3.8, 4) is 0 Å². The number of hydrogen-bond donors (Lipinski definition) is 1. The van der Waals surface area contributed by atoms with Crippen molar-refractivity contribution in [3.05, 3.63) is 0 Å². The first-order valence-electron chi connectivity index (χ1n) is 9.06. The minimum atomic E-state index is -0.0486. The third-order valence-electron chi connectivity index (χ3n) is 4.49. The van der Waals surface area contributed by atoms with Gasteiger partial charge >= 0.3 is 5.97 Å². The summed E-state index contributed by atoms with van der Waals surface area (Å²) in [5.41, 5.74) is 0. The van der Waals surface area contributed by atoms with Crippen LogP contribution in [0.15, 0.2) is 4.99 Å². The average Bonchev–Trinajstić information content (AvgIpc) is 3.08. The zero-order chi connectivity index (χ0) is 16.5. The molecule has 23 heavy (non-hydrogen) atoms. The molecule has 6 heteroatoms. The number of rotatable bonds is 6. The van der Waals surface area contributed by atoms with E-state index in [1.165, 1.54) is 6.42 Å². The summed E-state index contributed by atoms with van der Waals surface area (Å²) in [4.78, 5) is 18.8. The van der Waals surface area contributed by atoms with Gasteiger partial charge in [-0.1, -0.05) is 0 Å². The van der Waals surface area contributed by atoms with Gasteiger partial charge in [-0.3, -0.25) is 9.79 Å². The molecule has 2 heterocycles. The molecule has 0 aromatic rings. The van der Waals surface area contributed by atoms with Crippen LogP contribution in [0.4, 0.5) is 0 Å². The van der Waals surface area contributed by atoms with Crippen molar-refractivity contribution in [1.29, 1.82) is 0 Å². The van der Waals surface area contributed by atoms with E-state index in [1.807, 2.05) is 6.92 Å². The van der Waals surface area contributed by atoms with Crippen molar-refractivity contribution >= 4 is 11.9 Å². The van der Waals surface area contributed by atoms with Gasteiger partial charge in [0.05, 0.1) is 18.6 Å². The van der Waals surface area contributed by atoms with Crippen LogP contribution in [-0.4, -0.2) is 62.3 Å². The highest BCUT2D eigenvalue weighted by Crippen LogP contribution is 2.19. The van der Waals surface area contributed by atoms with Crippen LogP contribution in [0.2, 0.25) is 0 Å². The molecule has 0 aliphatic carbocycles. The lowest BCUT2D eigenvalue weighted by Crippen LogP contribution is -2.46. The Morgan fingerprint density at radius 3 is 2.70 bits per heavy atom. The van der Waals surface area contributed by atoms with Crippen molar-refractivity contribution in [2.45, 2.75) is 52.1 Å². The Balaban J connectivity index is 1.79. The standard InChI is InChI=1S/C17H31N3O3/c1-3-18-17(19-10-7-15-6-5-13-23-15)20-11-8-14(9-12-20)16(21)22-4-2/h14-15H,3-13H2,1-2H3,(H,18,19). The van der Waals surface area contributed by atoms with E-state index in [1.54, 1.807) is 0 Å². The number of aliphatic imine (C=N–C) groups is 1. The van der Waals surface area contributed by atoms with Crippen LogP contribution >= 0.6 is 0 Å². The molecular weight excluding hydrogens is 294 g/mol. The van der Waals surface area contributed by atoms with Gasteiger partial charge in [0.2, 0.25) is 0 Å². The molecule has 2 aliphatic heterocycles. The first kappa shape index (κ1) is 18.0. The van der Waals surface area contributed by atoms with Crippen LogP contribution in [0.3, 0.4) is 0 Å². The second kappa shape index (κ2) is 9.75. The molecule has 0 spiro atoms. The quantitative estimate of drug-likeness (QED) is 0.458. The number of esters is 1. The van der Waals surface area contributed by atoms with E-state index in [-0.39, 0.29) is 11.9 Å². The molecule has 0 aromatic carbocycles. The van der Waals surface area contributed by atoms with Crippen molar-refractivity contribution in [2.24, 2.45) is 10.9 Å². The second-order valence-corrected chi connectivity index (χ2v) is 6.17. The van der Waals surface area contributed by atoms with Crippen LogP contribution in [0.1, 0.15) is 46.0 Å². The van der Waals surface area contributed by atoms with Gasteiger partial charge in [0.1, 0.15) is 0 Å². The number of guanidine groups is 1. The Labute approximate surface area is 139 Å². The summed E-state index contributed by atoms with van der Waals surface area (Å²) in [5.74, 6) is 0.959. The highest BCUT2D eigenvalue weighted by atomic mass is 16.5. The molecule has 0 bridgehead atoms. The van der Waals surface area contributed by atoms with Gasteiger partial charge in [0.25, 0.3) is 0 Å². The van der Waals surface area contributed by atoms with E-state index in [2.05, 4.69) is 17.1 Å². The van der Waals surface area contributed by atoms with Gasteiger partial charge in [-0.05, 0) is 46.0 Å². The summed E-state index contributed by atoms with van der Waals surface area (Å²) < 4.78 is 10.8. The molecule has 6 nitrogen and oxygen atoms in total. The SMILES string of the molecule is CCNC(=NCCC1CCCO1)N1CCC(C(=O)OCC)CC1. The molecule has 1 atom stereocenters. The highest BCUT2D eigenvalue weighted by molar-refractivity contribution is 5.80. The molecule has 0 radical (unpaired) electrons. The van der Waals surface area contributed by atoms with Crippen LogP contribution in [0.5, 0.6) is 0 Å². The van der Waals surface area contributed by atoms with Gasteiger partial charge in [0.15, 0.2) is 5.96 Å². The molecular formula is C17H31N3O3. The molecule has 0 amide bonds. The zero-order valence-corrected chi connectivity index (χ0v) is 14.6. The lowest BCUT2D eigenvalue weighted by molar-refractivity contribution is -0.149. The van der Waals surface area contributed by atoms with E-state index in [4.69, 9.17) is 14.5 Å². The number of carbonyl (C=O) groups excluding carboxylic acids is 1. The third-order valence-corrected chi connectivity index (χ3v) is 4.49. The minimum Gasteiger partial charge on any atom is -0.466 e. The maximum Gasteiger partial charge on any atom is 0.309 e. The molecule has 2 aliphatic rings. The fourth-order valence-corrected chi connectivity index (χ4v) is 3.20. The van der Waals surface area contributed by atoms with E-state index in [0.29, 0.717) is 12.7 Å². The number of hydrogen-bond acceptors (Lipinski definition) is 4. The number of carbonyl (C=O) groups is 1. The molecule has 2 fully saturated rings. The van der Waals surface area contributed by atoms with E-state index in [9.17, 15) is 4.79 Å². The fraction of sp³-hybridized carbons (Fsp3) is 0.882. The summed E-state index contributed by atoms with van der Waals surface area (Å²) >= 11 is 0. The highest BCUT2D eigenvalue weighted by Gasteiger charge is 2.27. The Morgan fingerprint density at radius 1 is 1.30 bits per heavy atom. The fourth-order valence-electron chi connectivity index (χ4n) is 3.20. The summed E-state index contributed by atoms with van der Waals surface area (Å²) in [7, 11) is 0. The first-order valence-corrected chi connectivity index (χ1v) is 9.06. The molecule has 2 rings (SSSR count). The number of nitrogens with zero attached hydrogens (tertiary/aromatic N) is 2. The number of ether oxygens (including phenoxy) is 2. The normalized spacial score (nSPS) is 23.1. The summed E-state index contributed by atoms with van der Waals surface area (Å²) in [6.07, 6.45) is 5.40. The van der Waals surface area contributed by atoms with Crippen LogP contribution in [0.25, 0.3) is 0 Å². The maximum absolute atomic E-state index is 11.8. The zero-order valence-electron chi connectivity index (χ0n) is 14.6. The summed E-state index contributed by atoms with van der Waals surface area (Å²) in [5, 5.41) is 3.37. The third kappa shape index (κ3) is 5.68. The molecule has 1 unspecified atom stereocenters. The van der Waals surface area contributed by atoms with Crippen molar-refractivity contribution < 1.29 is 14.3 Å². The van der Waals surface area contributed by atoms with Crippen LogP contribution < -0.4 is 5.32 Å². The molecule has 2 saturated heterocycles. The van der Waals surface area contributed by atoms with Gasteiger partial charge in [-0.15, -0.1) is 0 Å². The van der Waals surface area contributed by atoms with E-state index >= 15 is 0 Å². The first-order chi connectivity index (χ1) is 11.2. The van der Waals surface area contributed by atoms with E-state index < -0.39 is 0 Å². The largest absolute Gasteiger partial charge is 0.466 e. The van der Waals surface area contributed by atoms with Crippen molar-refractivity contribution in [3.63, 3.8) is 0 Å². The summed E-state index contributed by atoms with van der Waals surface area (Å²) in [6.45, 7) is 8.67. The molecule has 132 valence electrons. The van der Waals surface area contributed by atoms with E-state index in [0.717, 1.165) is 64.4 Å². The Kier molecular flexibility index (Phi) is 7.65. The lowest BCUT2D eigenvalue weighted by atomic mass is 9.97. The van der Waals surface area contributed by atoms with Crippen molar-refractivity contribution in [1.82, 2.24) is 10.2 Å². The molecule has 0 saturated carbocycles. The molecule has 1 N–H and O–H groups in total. The predicted molar refractivity (Wildman–Crippen MR) is 90.5 cm³/mol. The predicted octanol–water partition coefficient (Wildman–Crippen LogP) is 1.80. The van der Waals surface area contributed by atoms with Crippen LogP contribution in [-0.2, 0) is 14.3 Å². The van der Waals surface area contributed by atoms with Gasteiger partial charge in [0, 0.05) is 32.8 Å². The number of nitrogens with one attached hydrogen (secondary N) is 1. The minimum absolute atomic E-state index is 0.0426. The Bertz CT molecular complexity index is 387. The topological polar surface area (TPSA) is 63.2 Å². The monoisotopic (exact) mass is 325 g/mol. The maximum atomic E-state index is 11.8. The Morgan fingerprint density at radius 2 is 2.09 bits per heavy atom. The average molecular weight is 325 g/mol. The second-order valence-electron chi connectivity index (χ2n) is 6.17. The van der Waals surface area contributed by atoms with Gasteiger partial charge in [-0.25, -0.2) is 0 Å². The molecule has 0 aromatic heterocycles. The van der Waals surface area contributed by atoms with Gasteiger partial charge < -0.3 is 19.7 Å². The Hall–Kier alpha value is -1.30. The van der Waals surface area contributed by atoms with Crippen LogP contribution in [0, 0.1) is 5.92 Å². The number of piperidine rings is 1.